The first kappa shape index (κ1) is 36.6. The van der Waals surface area contributed by atoms with E-state index in [4.69, 9.17) is 9.97 Å². The molecule has 0 atom stereocenters. The van der Waals surface area contributed by atoms with Crippen LogP contribution in [0.25, 0.3) is 61.6 Å². The maximum atomic E-state index is 12.0. The van der Waals surface area contributed by atoms with Gasteiger partial charge in [-0.15, -0.1) is 29.3 Å². The number of para-hydroxylation sites is 1. The van der Waals surface area contributed by atoms with Crippen molar-refractivity contribution in [3.8, 4) is 56.3 Å². The number of rotatable bonds is 5. The Kier molecular flexibility index (Phi) is 9.81. The third-order valence-electron chi connectivity index (χ3n) is 10.6. The van der Waals surface area contributed by atoms with Gasteiger partial charge < -0.3 is 5.11 Å². The fourth-order valence-corrected chi connectivity index (χ4v) is 7.58. The molecule has 4 nitrogen and oxygen atoms in total. The van der Waals surface area contributed by atoms with Gasteiger partial charge in [0.25, 0.3) is 0 Å². The van der Waals surface area contributed by atoms with Gasteiger partial charge in [-0.1, -0.05) is 119 Å². The summed E-state index contributed by atoms with van der Waals surface area (Å²) in [4.78, 5) is 10.2. The Morgan fingerprint density at radius 3 is 2.13 bits per heavy atom. The number of aryl methyl sites for hydroxylation is 1. The summed E-state index contributed by atoms with van der Waals surface area (Å²) in [6.45, 7) is 13.5. The second-order valence-corrected chi connectivity index (χ2v) is 16.3. The minimum Gasteiger partial charge on any atom is -0.507 e. The van der Waals surface area contributed by atoms with Gasteiger partial charge in [-0.2, -0.15) is 0 Å². The van der Waals surface area contributed by atoms with Crippen LogP contribution in [0.15, 0.2) is 115 Å². The van der Waals surface area contributed by atoms with Crippen molar-refractivity contribution < 1.29 is 26.2 Å². The third-order valence-corrected chi connectivity index (χ3v) is 10.6. The van der Waals surface area contributed by atoms with Crippen LogP contribution >= 0.6 is 0 Å². The number of nitrogens with zero attached hydrogens (tertiary/aromatic N) is 3. The number of imidazole rings is 1. The number of pyridine rings is 1. The molecule has 5 aromatic carbocycles. The quantitative estimate of drug-likeness (QED) is 0.175. The fraction of sp³-hybridized carbons (Fsp3) is 0.250. The molecule has 53 heavy (non-hydrogen) atoms. The topological polar surface area (TPSA) is 50.9 Å². The number of phenols is 1. The van der Waals surface area contributed by atoms with Crippen molar-refractivity contribution in [3.63, 3.8) is 0 Å². The standard InChI is InChI=1S/C48H46N3O.Pt/c1-47(2,3)35-23-25-42(40(30-35)31-15-8-7-9-16-31)51-43-21-14-19-37(33-27-34(41-20-12-13-26-49-41)29-36(28-33)48(4,5)6)44(43)50-46(51)39-24-22-32-17-10-11-18-38(32)45(39)52;/h7-9,12-16,19-26,28-30,52H,10-11,17-18H2,1-6H3;/q-1;. The molecule has 2 heterocycles. The van der Waals surface area contributed by atoms with Crippen molar-refractivity contribution >= 4 is 11.0 Å². The molecule has 0 aliphatic heterocycles. The molecule has 0 saturated carbocycles. The smallest absolute Gasteiger partial charge is 0.148 e. The summed E-state index contributed by atoms with van der Waals surface area (Å²) >= 11 is 0. The summed E-state index contributed by atoms with van der Waals surface area (Å²) in [5.41, 5.74) is 14.3. The largest absolute Gasteiger partial charge is 0.507 e. The van der Waals surface area contributed by atoms with Gasteiger partial charge in [0.1, 0.15) is 11.6 Å². The molecule has 1 aliphatic rings. The van der Waals surface area contributed by atoms with Gasteiger partial charge in [-0.25, -0.2) is 4.98 Å². The summed E-state index contributed by atoms with van der Waals surface area (Å²) in [6, 6.07) is 42.4. The molecule has 7 aromatic rings. The summed E-state index contributed by atoms with van der Waals surface area (Å²) in [5.74, 6) is 1.08. The first-order chi connectivity index (χ1) is 25.0. The molecular weight excluding hydrogens is 830 g/mol. The SMILES string of the molecule is CC(C)(C)c1cc(-c2ccccn2)[c-]c(-c2cccc3c2nc(-c2ccc4c(c2O)CCCC4)n3-c2ccc(C(C)(C)C)cc2-c2ccccc2)c1.[Pt]. The van der Waals surface area contributed by atoms with Gasteiger partial charge >= 0.3 is 0 Å². The summed E-state index contributed by atoms with van der Waals surface area (Å²) < 4.78 is 2.27. The third kappa shape index (κ3) is 6.90. The van der Waals surface area contributed by atoms with Gasteiger partial charge in [0, 0.05) is 38.5 Å². The molecule has 270 valence electrons. The molecule has 5 heteroatoms. The van der Waals surface area contributed by atoms with Crippen LogP contribution in [0.4, 0.5) is 0 Å². The molecule has 0 bridgehead atoms. The first-order valence-electron chi connectivity index (χ1n) is 18.5. The van der Waals surface area contributed by atoms with E-state index in [0.717, 1.165) is 92.9 Å². The van der Waals surface area contributed by atoms with Crippen LogP contribution in [-0.2, 0) is 44.7 Å². The summed E-state index contributed by atoms with van der Waals surface area (Å²) in [5, 5.41) is 12.0. The second kappa shape index (κ2) is 14.2. The molecule has 8 rings (SSSR count). The van der Waals surface area contributed by atoms with Crippen molar-refractivity contribution in [2.45, 2.75) is 78.1 Å². The molecule has 0 unspecified atom stereocenters. The van der Waals surface area contributed by atoms with Gasteiger partial charge in [-0.3, -0.25) is 9.55 Å². The molecular formula is C48H46N3OPt-. The fourth-order valence-electron chi connectivity index (χ4n) is 7.58. The Hall–Kier alpha value is -4.79. The predicted octanol–water partition coefficient (Wildman–Crippen LogP) is 12.1. The van der Waals surface area contributed by atoms with Crippen molar-refractivity contribution in [1.29, 1.82) is 0 Å². The van der Waals surface area contributed by atoms with E-state index < -0.39 is 0 Å². The molecule has 0 saturated heterocycles. The van der Waals surface area contributed by atoms with Gasteiger partial charge in [-0.05, 0) is 89.1 Å². The molecule has 0 radical (unpaired) electrons. The van der Waals surface area contributed by atoms with Crippen molar-refractivity contribution in [1.82, 2.24) is 14.5 Å². The molecule has 1 aliphatic carbocycles. The average molecular weight is 876 g/mol. The van der Waals surface area contributed by atoms with E-state index in [0.29, 0.717) is 5.75 Å². The van der Waals surface area contributed by atoms with E-state index in [1.165, 1.54) is 16.7 Å². The number of phenolic OH excluding ortho intramolecular Hbond substituents is 1. The maximum absolute atomic E-state index is 12.0. The Labute approximate surface area is 328 Å². The normalized spacial score (nSPS) is 13.1. The number of aromatic nitrogens is 3. The second-order valence-electron chi connectivity index (χ2n) is 16.3. The Morgan fingerprint density at radius 2 is 1.40 bits per heavy atom. The van der Waals surface area contributed by atoms with Crippen LogP contribution in [-0.4, -0.2) is 19.6 Å². The van der Waals surface area contributed by atoms with E-state index in [1.807, 2.05) is 24.4 Å². The van der Waals surface area contributed by atoms with E-state index in [1.54, 1.807) is 0 Å². The van der Waals surface area contributed by atoms with Crippen LogP contribution in [0, 0.1) is 6.07 Å². The maximum Gasteiger partial charge on any atom is 0.148 e. The first-order valence-corrected chi connectivity index (χ1v) is 18.5. The Bertz CT molecular complexity index is 2430. The van der Waals surface area contributed by atoms with E-state index in [2.05, 4.69) is 143 Å². The zero-order valence-corrected chi connectivity index (χ0v) is 33.7. The zero-order valence-electron chi connectivity index (χ0n) is 31.4. The van der Waals surface area contributed by atoms with E-state index in [9.17, 15) is 5.11 Å². The van der Waals surface area contributed by atoms with Crippen LogP contribution in [0.1, 0.15) is 76.6 Å². The van der Waals surface area contributed by atoms with Crippen molar-refractivity contribution in [2.75, 3.05) is 0 Å². The van der Waals surface area contributed by atoms with E-state index in [-0.39, 0.29) is 31.9 Å². The summed E-state index contributed by atoms with van der Waals surface area (Å²) in [7, 11) is 0. The number of hydrogen-bond acceptors (Lipinski definition) is 3. The van der Waals surface area contributed by atoms with Crippen LogP contribution in [0.3, 0.4) is 0 Å². The minimum absolute atomic E-state index is 0. The monoisotopic (exact) mass is 875 g/mol. The molecule has 0 fully saturated rings. The summed E-state index contributed by atoms with van der Waals surface area (Å²) in [6.07, 6.45) is 5.94. The Morgan fingerprint density at radius 1 is 0.660 bits per heavy atom. The zero-order chi connectivity index (χ0) is 36.2. The van der Waals surface area contributed by atoms with Crippen LogP contribution in [0.2, 0.25) is 0 Å². The van der Waals surface area contributed by atoms with Gasteiger partial charge in [0.05, 0.1) is 22.3 Å². The Balaban J connectivity index is 0.00000435. The van der Waals surface area contributed by atoms with Crippen molar-refractivity contribution in [3.05, 3.63) is 144 Å². The average Bonchev–Trinajstić information content (AvgIpc) is 3.54. The van der Waals surface area contributed by atoms with Gasteiger partial charge in [0.2, 0.25) is 0 Å². The predicted molar refractivity (Wildman–Crippen MR) is 215 cm³/mol. The molecule has 0 spiro atoms. The van der Waals surface area contributed by atoms with Crippen LogP contribution in [0.5, 0.6) is 5.75 Å². The van der Waals surface area contributed by atoms with Crippen LogP contribution < -0.4 is 0 Å². The minimum atomic E-state index is -0.0971. The van der Waals surface area contributed by atoms with Crippen molar-refractivity contribution in [2.24, 2.45) is 0 Å². The molecule has 1 N–H and O–H groups in total. The molecule has 0 amide bonds. The van der Waals surface area contributed by atoms with Gasteiger partial charge in [0.15, 0.2) is 0 Å². The van der Waals surface area contributed by atoms with E-state index >= 15 is 0 Å². The number of aromatic hydroxyl groups is 1. The number of fused-ring (bicyclic) bond motifs is 2. The number of hydrogen-bond donors (Lipinski definition) is 1. The molecule has 2 aromatic heterocycles. The number of benzene rings is 5.